The van der Waals surface area contributed by atoms with Gasteiger partial charge in [0.1, 0.15) is 0 Å². The Morgan fingerprint density at radius 2 is 1.00 bits per heavy atom. The maximum atomic E-state index is 0. The Hall–Kier alpha value is 2.15. The zero-order valence-corrected chi connectivity index (χ0v) is 8.51. The van der Waals surface area contributed by atoms with Gasteiger partial charge in [0, 0.05) is 0 Å². The Kier molecular flexibility index (Phi) is 169. The molecule has 0 rings (SSSR count). The lowest BCUT2D eigenvalue weighted by atomic mass is 16.0. The van der Waals surface area contributed by atoms with Crippen LogP contribution in [0.5, 0.6) is 0 Å². The third kappa shape index (κ3) is 8.91. The normalized spacial score (nSPS) is 0. The zero-order valence-electron chi connectivity index (χ0n) is 2.69. The van der Waals surface area contributed by atoms with Crippen LogP contribution in [-0.4, -0.2) is 5.48 Å². The molecule has 0 aromatic rings. The summed E-state index contributed by atoms with van der Waals surface area (Å²) in [4.78, 5) is 0. The van der Waals surface area contributed by atoms with Gasteiger partial charge in [-0.1, -0.05) is 0 Å². The summed E-state index contributed by atoms with van der Waals surface area (Å²) in [5.74, 6) is 0. The molecule has 0 saturated carbocycles. The molecule has 4 heteroatoms. The van der Waals surface area contributed by atoms with Crippen molar-refractivity contribution < 1.29 is 30.9 Å². The fraction of sp³-hybridized carbons (Fsp3) is 0. The van der Waals surface area contributed by atoms with Crippen molar-refractivity contribution in [1.29, 1.82) is 0 Å². The van der Waals surface area contributed by atoms with E-state index in [0.717, 1.165) is 0 Å². The minimum absolute atomic E-state index is 0. The molecule has 0 aliphatic carbocycles. The molecule has 0 aromatic carbocycles. The molecule has 0 aliphatic rings. The molecule has 0 aromatic heterocycles. The van der Waals surface area contributed by atoms with Gasteiger partial charge in [-0.2, -0.15) is 0 Å². The molecule has 1 nitrogen and oxygen atoms in total. The highest BCUT2D eigenvalue weighted by Crippen LogP contribution is 0.887. The van der Waals surface area contributed by atoms with Gasteiger partial charge in [0.15, 0.2) is 0 Å². The minimum Gasteiger partial charge on any atom is -1.00 e. The van der Waals surface area contributed by atoms with Gasteiger partial charge < -0.3 is 29.5 Å². The van der Waals surface area contributed by atoms with Gasteiger partial charge in [-0.25, -0.2) is 0 Å². The van der Waals surface area contributed by atoms with E-state index in [1.54, 1.807) is 0 Å². The monoisotopic (exact) mass is 402 g/mol. The summed E-state index contributed by atoms with van der Waals surface area (Å²) in [5, 5.41) is 0. The van der Waals surface area contributed by atoms with E-state index in [1.165, 1.54) is 0 Å². The summed E-state index contributed by atoms with van der Waals surface area (Å²) in [7, 11) is 0. The number of hydrogen-bond acceptors (Lipinski definition) is 0. The van der Waals surface area contributed by atoms with E-state index in [-0.39, 0.29) is 78.8 Å². The number of halogens is 3. The first-order chi connectivity index (χ1) is 0. The summed E-state index contributed by atoms with van der Waals surface area (Å²) >= 11 is 0. The first kappa shape index (κ1) is 35.3. The van der Waals surface area contributed by atoms with Crippen LogP contribution in [0.1, 0.15) is 1.43 Å². The molecule has 0 saturated heterocycles. The van der Waals surface area contributed by atoms with Crippen molar-refractivity contribution in [2.45, 2.75) is 0 Å². The second-order valence-corrected chi connectivity index (χ2v) is 0. The Morgan fingerprint density at radius 3 is 1.00 bits per heavy atom. The molecule has 0 aliphatic heterocycles. The van der Waals surface area contributed by atoms with Crippen molar-refractivity contribution in [3.8, 4) is 0 Å². The van der Waals surface area contributed by atoms with E-state index in [2.05, 4.69) is 0 Å². The predicted octanol–water partition coefficient (Wildman–Crippen LogP) is -2.47. The molecule has 0 atom stereocenters. The standard InChI is InChI=1S/3HI.H2O/h3*1H;1H2. The first-order valence-electron chi connectivity index (χ1n) is 0. The quantitative estimate of drug-likeness (QED) is 0.403. The molecule has 0 heterocycles. The maximum Gasteiger partial charge on any atom is 1.00 e. The maximum absolute atomic E-state index is 0. The lowest BCUT2D eigenvalue weighted by molar-refractivity contribution is -0.00000136. The van der Waals surface area contributed by atoms with Crippen LogP contribution in [-0.2, 0) is 0 Å². The summed E-state index contributed by atoms with van der Waals surface area (Å²) < 4.78 is 0. The van der Waals surface area contributed by atoms with Gasteiger partial charge in [-0.05, 0) is 0 Å². The van der Waals surface area contributed by atoms with Crippen LogP contribution in [0.4, 0.5) is 0 Å². The fourth-order valence-electron chi connectivity index (χ4n) is 0. The van der Waals surface area contributed by atoms with Crippen LogP contribution < -0.4 is 24.0 Å². The Morgan fingerprint density at radius 1 is 1.00 bits per heavy atom. The molecular formula is H5I3O. The van der Waals surface area contributed by atoms with Gasteiger partial charge in [0.05, 0.1) is 0 Å². The molecule has 0 radical (unpaired) electrons. The van der Waals surface area contributed by atoms with E-state index < -0.39 is 0 Å². The lowest BCUT2D eigenvalue weighted by Gasteiger charge is -1.00. The van der Waals surface area contributed by atoms with Crippen LogP contribution >= 0.6 is 48.0 Å². The Labute approximate surface area is 77.8 Å². The van der Waals surface area contributed by atoms with Crippen LogP contribution in [0.2, 0.25) is 0 Å². The molecule has 0 amide bonds. The third-order valence-corrected chi connectivity index (χ3v) is 0. The topological polar surface area (TPSA) is 31.5 Å². The molecule has 4 heavy (non-hydrogen) atoms. The molecule has 0 fully saturated rings. The zero-order chi connectivity index (χ0) is 0. The van der Waals surface area contributed by atoms with Crippen LogP contribution in [0.15, 0.2) is 0 Å². The SMILES string of the molecule is I.I.O.[H+].[I-]. The van der Waals surface area contributed by atoms with Gasteiger partial charge in [0.2, 0.25) is 0 Å². The van der Waals surface area contributed by atoms with Crippen LogP contribution in [0.25, 0.3) is 0 Å². The van der Waals surface area contributed by atoms with E-state index in [4.69, 9.17) is 0 Å². The smallest absolute Gasteiger partial charge is 1.00 e. The van der Waals surface area contributed by atoms with Crippen molar-refractivity contribution >= 4 is 48.0 Å². The van der Waals surface area contributed by atoms with Crippen LogP contribution in [0.3, 0.4) is 0 Å². The lowest BCUT2D eigenvalue weighted by Crippen LogP contribution is -3.00. The third-order valence-electron chi connectivity index (χ3n) is 0. The van der Waals surface area contributed by atoms with Crippen molar-refractivity contribution in [3.63, 3.8) is 0 Å². The number of hydrogen-bond donors (Lipinski definition) is 0. The molecule has 0 unspecified atom stereocenters. The van der Waals surface area contributed by atoms with E-state index >= 15 is 0 Å². The summed E-state index contributed by atoms with van der Waals surface area (Å²) in [6, 6.07) is 0. The summed E-state index contributed by atoms with van der Waals surface area (Å²) in [5.41, 5.74) is 0. The highest BCUT2D eigenvalue weighted by molar-refractivity contribution is 14.0. The van der Waals surface area contributed by atoms with E-state index in [9.17, 15) is 0 Å². The Bertz CT molecular complexity index is 6.85. The average molecular weight is 402 g/mol. The minimum atomic E-state index is 0. The van der Waals surface area contributed by atoms with E-state index in [0.29, 0.717) is 0 Å². The Balaban J connectivity index is 0. The molecule has 0 spiro atoms. The highest BCUT2D eigenvalue weighted by Gasteiger charge is -0.106. The van der Waals surface area contributed by atoms with Crippen molar-refractivity contribution in [1.82, 2.24) is 0 Å². The second-order valence-electron chi connectivity index (χ2n) is 0. The molecular weight excluding hydrogens is 397 g/mol. The van der Waals surface area contributed by atoms with E-state index in [1.807, 2.05) is 0 Å². The van der Waals surface area contributed by atoms with Crippen LogP contribution in [0, 0.1) is 0 Å². The summed E-state index contributed by atoms with van der Waals surface area (Å²) in [6.07, 6.45) is 0. The molecule has 0 bridgehead atoms. The van der Waals surface area contributed by atoms with Gasteiger partial charge in [0.25, 0.3) is 0 Å². The first-order valence-corrected chi connectivity index (χ1v) is 0. The average Bonchev–Trinajstić information content (AvgIpc) is 0. The molecule has 2 N–H and O–H groups in total. The van der Waals surface area contributed by atoms with Crippen molar-refractivity contribution in [2.24, 2.45) is 0 Å². The highest BCUT2D eigenvalue weighted by atomic mass is 127. The second kappa shape index (κ2) is 19.2. The summed E-state index contributed by atoms with van der Waals surface area (Å²) in [6.45, 7) is 0. The predicted molar refractivity (Wildman–Crippen MR) is 35.6 cm³/mol. The van der Waals surface area contributed by atoms with Crippen molar-refractivity contribution in [2.75, 3.05) is 0 Å². The largest absolute Gasteiger partial charge is 1.00 e. The fourth-order valence-corrected chi connectivity index (χ4v) is 0. The van der Waals surface area contributed by atoms with Crippen molar-refractivity contribution in [3.05, 3.63) is 0 Å². The van der Waals surface area contributed by atoms with Gasteiger partial charge in [-0.15, -0.1) is 48.0 Å². The number of rotatable bonds is 0. The molecule has 32 valence electrons. The van der Waals surface area contributed by atoms with Gasteiger partial charge >= 0.3 is 1.43 Å². The van der Waals surface area contributed by atoms with Gasteiger partial charge in [-0.3, -0.25) is 0 Å².